The summed E-state index contributed by atoms with van der Waals surface area (Å²) >= 11 is 0. The van der Waals surface area contributed by atoms with Gasteiger partial charge in [-0.15, -0.1) is 0 Å². The summed E-state index contributed by atoms with van der Waals surface area (Å²) in [6, 6.07) is 26.0. The van der Waals surface area contributed by atoms with E-state index in [0.29, 0.717) is 34.9 Å². The minimum Gasteiger partial charge on any atom is -0.493 e. The van der Waals surface area contributed by atoms with Crippen LogP contribution in [-0.2, 0) is 16.6 Å². The number of nitrogens with two attached hydrogens (primary N) is 1. The van der Waals surface area contributed by atoms with Crippen molar-refractivity contribution in [2.75, 3.05) is 19.0 Å². The smallest absolute Gasteiger partial charge is 0.270 e. The number of benzene rings is 4. The molecule has 0 aliphatic rings. The monoisotopic (exact) mass is 575 g/mol. The molecule has 0 aliphatic heterocycles. The standard InChI is InChI=1S/C29H29N5O6S/c1-39-28-16-22(12-15-27(28)40-19-20-6-3-2-4-7-20)26(33-23-13-10-21(11-14-23)29(30)31)18-32-41(37,38)25-9-5-8-24(17-25)34(35)36/h2-17,26,32-33H,18-19H2,1H3,(H3,30,31). The Morgan fingerprint density at radius 2 is 1.71 bits per heavy atom. The maximum Gasteiger partial charge on any atom is 0.270 e. The third kappa shape index (κ3) is 7.59. The Hall–Kier alpha value is -4.94. The molecule has 212 valence electrons. The molecule has 0 radical (unpaired) electrons. The van der Waals surface area contributed by atoms with Crippen molar-refractivity contribution in [1.82, 2.24) is 4.72 Å². The third-order valence-electron chi connectivity index (χ3n) is 6.18. The van der Waals surface area contributed by atoms with E-state index in [1.54, 1.807) is 42.5 Å². The Bertz CT molecular complexity index is 1630. The largest absolute Gasteiger partial charge is 0.493 e. The molecule has 1 atom stereocenters. The van der Waals surface area contributed by atoms with Gasteiger partial charge in [-0.1, -0.05) is 42.5 Å². The van der Waals surface area contributed by atoms with Crippen molar-refractivity contribution in [2.24, 2.45) is 5.73 Å². The third-order valence-corrected chi connectivity index (χ3v) is 7.60. The molecule has 12 heteroatoms. The van der Waals surface area contributed by atoms with Crippen LogP contribution in [0, 0.1) is 15.5 Å². The van der Waals surface area contributed by atoms with E-state index in [1.807, 2.05) is 30.3 Å². The topological polar surface area (TPSA) is 170 Å². The fourth-order valence-electron chi connectivity index (χ4n) is 4.00. The number of nitro groups is 1. The average Bonchev–Trinajstić information content (AvgIpc) is 2.99. The van der Waals surface area contributed by atoms with Crippen molar-refractivity contribution < 1.29 is 22.8 Å². The van der Waals surface area contributed by atoms with Crippen molar-refractivity contribution in [1.29, 1.82) is 5.41 Å². The van der Waals surface area contributed by atoms with Crippen LogP contribution in [0.2, 0.25) is 0 Å². The first-order valence-corrected chi connectivity index (χ1v) is 13.9. The highest BCUT2D eigenvalue weighted by atomic mass is 32.2. The summed E-state index contributed by atoms with van der Waals surface area (Å²) in [6.45, 7) is 0.233. The number of hydrogen-bond acceptors (Lipinski definition) is 8. The minimum absolute atomic E-state index is 0.0753. The lowest BCUT2D eigenvalue weighted by molar-refractivity contribution is -0.385. The lowest BCUT2D eigenvalue weighted by Gasteiger charge is -2.22. The first-order chi connectivity index (χ1) is 19.7. The van der Waals surface area contributed by atoms with Gasteiger partial charge >= 0.3 is 0 Å². The van der Waals surface area contributed by atoms with Gasteiger partial charge in [0.1, 0.15) is 12.4 Å². The molecule has 0 fully saturated rings. The number of rotatable bonds is 13. The molecule has 0 saturated heterocycles. The van der Waals surface area contributed by atoms with Crippen molar-refractivity contribution in [2.45, 2.75) is 17.5 Å². The van der Waals surface area contributed by atoms with Gasteiger partial charge in [0.2, 0.25) is 10.0 Å². The van der Waals surface area contributed by atoms with Crippen LogP contribution in [0.5, 0.6) is 11.5 Å². The molecule has 41 heavy (non-hydrogen) atoms. The molecule has 0 aliphatic carbocycles. The van der Waals surface area contributed by atoms with Crippen LogP contribution >= 0.6 is 0 Å². The molecule has 5 N–H and O–H groups in total. The second-order valence-electron chi connectivity index (χ2n) is 8.98. The normalized spacial score (nSPS) is 11.8. The molecule has 0 aromatic heterocycles. The summed E-state index contributed by atoms with van der Waals surface area (Å²) in [5, 5.41) is 22.1. The number of ether oxygens (including phenoxy) is 2. The van der Waals surface area contributed by atoms with Crippen LogP contribution in [0.15, 0.2) is 102 Å². The summed E-state index contributed by atoms with van der Waals surface area (Å²) in [4.78, 5) is 10.3. The molecule has 0 bridgehead atoms. The Kier molecular flexibility index (Phi) is 9.17. The molecular weight excluding hydrogens is 546 g/mol. The number of sulfonamides is 1. The molecule has 0 saturated carbocycles. The molecule has 11 nitrogen and oxygen atoms in total. The number of non-ortho nitro benzene ring substituents is 1. The van der Waals surface area contributed by atoms with E-state index >= 15 is 0 Å². The molecule has 4 rings (SSSR count). The Morgan fingerprint density at radius 3 is 2.37 bits per heavy atom. The maximum absolute atomic E-state index is 13.1. The summed E-state index contributed by atoms with van der Waals surface area (Å²) in [6.07, 6.45) is 0. The zero-order valence-electron chi connectivity index (χ0n) is 22.1. The van der Waals surface area contributed by atoms with E-state index in [9.17, 15) is 18.5 Å². The fourth-order valence-corrected chi connectivity index (χ4v) is 5.08. The van der Waals surface area contributed by atoms with E-state index < -0.39 is 21.0 Å². The van der Waals surface area contributed by atoms with Crippen LogP contribution in [0.1, 0.15) is 22.7 Å². The van der Waals surface area contributed by atoms with E-state index in [4.69, 9.17) is 20.6 Å². The van der Waals surface area contributed by atoms with Gasteiger partial charge in [-0.05, 0) is 53.6 Å². The number of amidine groups is 1. The zero-order valence-corrected chi connectivity index (χ0v) is 22.9. The molecule has 1 unspecified atom stereocenters. The van der Waals surface area contributed by atoms with Gasteiger partial charge in [0, 0.05) is 29.9 Å². The van der Waals surface area contributed by atoms with Gasteiger partial charge in [-0.25, -0.2) is 13.1 Å². The lowest BCUT2D eigenvalue weighted by atomic mass is 10.1. The van der Waals surface area contributed by atoms with Gasteiger partial charge in [0.15, 0.2) is 11.5 Å². The Labute approximate surface area is 237 Å². The van der Waals surface area contributed by atoms with Gasteiger partial charge in [-0.3, -0.25) is 15.5 Å². The molecule has 4 aromatic carbocycles. The summed E-state index contributed by atoms with van der Waals surface area (Å²) in [5.74, 6) is 0.897. The van der Waals surface area contributed by atoms with Crippen LogP contribution < -0.4 is 25.2 Å². The molecule has 0 heterocycles. The van der Waals surface area contributed by atoms with Crippen LogP contribution in [0.4, 0.5) is 11.4 Å². The number of nitrogen functional groups attached to an aromatic ring is 1. The Morgan fingerprint density at radius 1 is 0.976 bits per heavy atom. The number of nitrogens with zero attached hydrogens (tertiary/aromatic N) is 1. The lowest BCUT2D eigenvalue weighted by Crippen LogP contribution is -2.31. The number of methoxy groups -OCH3 is 1. The number of anilines is 1. The minimum atomic E-state index is -4.09. The van der Waals surface area contributed by atoms with Crippen molar-refractivity contribution >= 4 is 27.2 Å². The van der Waals surface area contributed by atoms with Crippen LogP contribution in [-0.4, -0.2) is 32.8 Å². The number of nitro benzene ring substituents is 1. The number of nitrogens with one attached hydrogen (secondary N) is 3. The highest BCUT2D eigenvalue weighted by Crippen LogP contribution is 2.32. The van der Waals surface area contributed by atoms with Crippen LogP contribution in [0.25, 0.3) is 0 Å². The second kappa shape index (κ2) is 12.9. The summed E-state index contributed by atoms with van der Waals surface area (Å²) in [7, 11) is -2.57. The van der Waals surface area contributed by atoms with Crippen molar-refractivity contribution in [3.8, 4) is 11.5 Å². The van der Waals surface area contributed by atoms with E-state index in [2.05, 4.69) is 10.0 Å². The molecule has 4 aromatic rings. The first-order valence-electron chi connectivity index (χ1n) is 12.5. The second-order valence-corrected chi connectivity index (χ2v) is 10.7. The predicted molar refractivity (Wildman–Crippen MR) is 156 cm³/mol. The quantitative estimate of drug-likeness (QED) is 0.0776. The summed E-state index contributed by atoms with van der Waals surface area (Å²) in [5.41, 5.74) is 8.10. The number of hydrogen-bond donors (Lipinski definition) is 4. The van der Waals surface area contributed by atoms with E-state index in [1.165, 1.54) is 25.3 Å². The maximum atomic E-state index is 13.1. The van der Waals surface area contributed by atoms with Crippen LogP contribution in [0.3, 0.4) is 0 Å². The predicted octanol–water partition coefficient (Wildman–Crippen LogP) is 4.60. The van der Waals surface area contributed by atoms with Gasteiger partial charge in [0.05, 0.1) is 23.0 Å². The van der Waals surface area contributed by atoms with Crippen molar-refractivity contribution in [3.05, 3.63) is 124 Å². The zero-order chi connectivity index (χ0) is 29.4. The fraction of sp³-hybridized carbons (Fsp3) is 0.138. The van der Waals surface area contributed by atoms with Gasteiger partial charge in [-0.2, -0.15) is 0 Å². The van der Waals surface area contributed by atoms with Crippen molar-refractivity contribution in [3.63, 3.8) is 0 Å². The average molecular weight is 576 g/mol. The van der Waals surface area contributed by atoms with Gasteiger partial charge < -0.3 is 20.5 Å². The highest BCUT2D eigenvalue weighted by Gasteiger charge is 2.22. The summed E-state index contributed by atoms with van der Waals surface area (Å²) < 4.78 is 40.2. The molecular formula is C29H29N5O6S. The Balaban J connectivity index is 1.60. The molecule has 0 amide bonds. The SMILES string of the molecule is COc1cc(C(CNS(=O)(=O)c2cccc([N+](=O)[O-])c2)Nc2ccc(C(=N)N)cc2)ccc1OCc1ccccc1. The van der Waals surface area contributed by atoms with Gasteiger partial charge in [0.25, 0.3) is 5.69 Å². The van der Waals surface area contributed by atoms with E-state index in [-0.39, 0.29) is 23.0 Å². The highest BCUT2D eigenvalue weighted by molar-refractivity contribution is 7.89. The molecule has 0 spiro atoms. The van der Waals surface area contributed by atoms with E-state index in [0.717, 1.165) is 11.6 Å². The first kappa shape index (κ1) is 29.1.